The van der Waals surface area contributed by atoms with Gasteiger partial charge in [-0.25, -0.2) is 17.7 Å². The third-order valence-electron chi connectivity index (χ3n) is 4.03. The van der Waals surface area contributed by atoms with Crippen molar-refractivity contribution in [3.8, 4) is 16.3 Å². The van der Waals surface area contributed by atoms with Gasteiger partial charge in [-0.15, -0.1) is 11.3 Å². The molecule has 152 valence electrons. The van der Waals surface area contributed by atoms with E-state index in [-0.39, 0.29) is 22.9 Å². The molecule has 29 heavy (non-hydrogen) atoms. The number of hydrogen-bond acceptors (Lipinski definition) is 7. The molecule has 10 heteroatoms. The summed E-state index contributed by atoms with van der Waals surface area (Å²) in [5.41, 5.74) is 1.78. The third-order valence-corrected chi connectivity index (χ3v) is 6.78. The van der Waals surface area contributed by atoms with Crippen LogP contribution in [-0.2, 0) is 21.2 Å². The summed E-state index contributed by atoms with van der Waals surface area (Å²) >= 11 is 1.43. The lowest BCUT2D eigenvalue weighted by Gasteiger charge is -2.15. The normalized spacial score (nSPS) is 11.4. The van der Waals surface area contributed by atoms with Crippen molar-refractivity contribution in [2.45, 2.75) is 11.3 Å². The smallest absolute Gasteiger partial charge is 0.242 e. The number of sulfonamides is 1. The van der Waals surface area contributed by atoms with Crippen LogP contribution in [0.5, 0.6) is 5.75 Å². The molecule has 2 aromatic heterocycles. The van der Waals surface area contributed by atoms with E-state index in [1.54, 1.807) is 12.4 Å². The fraction of sp³-hybridized carbons (Fsp3) is 0.211. The van der Waals surface area contributed by atoms with E-state index in [9.17, 15) is 13.2 Å². The van der Waals surface area contributed by atoms with Gasteiger partial charge in [-0.2, -0.15) is 0 Å². The van der Waals surface area contributed by atoms with Gasteiger partial charge in [-0.1, -0.05) is 0 Å². The van der Waals surface area contributed by atoms with E-state index in [1.165, 1.54) is 50.7 Å². The first-order valence-electron chi connectivity index (χ1n) is 8.56. The molecule has 0 fully saturated rings. The zero-order valence-corrected chi connectivity index (χ0v) is 17.8. The molecule has 0 unspecified atom stereocenters. The number of aromatic nitrogens is 2. The van der Waals surface area contributed by atoms with Crippen molar-refractivity contribution in [3.63, 3.8) is 0 Å². The van der Waals surface area contributed by atoms with E-state index in [2.05, 4.69) is 15.3 Å². The maximum absolute atomic E-state index is 12.5. The molecule has 0 saturated carbocycles. The predicted molar refractivity (Wildman–Crippen MR) is 112 cm³/mol. The van der Waals surface area contributed by atoms with Gasteiger partial charge < -0.3 is 10.1 Å². The number of nitrogens with zero attached hydrogens (tertiary/aromatic N) is 3. The Morgan fingerprint density at radius 1 is 1.28 bits per heavy atom. The lowest BCUT2D eigenvalue weighted by atomic mass is 10.2. The van der Waals surface area contributed by atoms with Crippen LogP contribution in [0.15, 0.2) is 53.0 Å². The van der Waals surface area contributed by atoms with Crippen molar-refractivity contribution < 1.29 is 17.9 Å². The van der Waals surface area contributed by atoms with E-state index >= 15 is 0 Å². The van der Waals surface area contributed by atoms with Crippen LogP contribution in [0.3, 0.4) is 0 Å². The number of carbonyl (C=O) groups excluding carboxylic acids is 1. The number of methoxy groups -OCH3 is 1. The molecule has 1 amide bonds. The second kappa shape index (κ2) is 8.68. The van der Waals surface area contributed by atoms with Gasteiger partial charge in [0.2, 0.25) is 15.9 Å². The summed E-state index contributed by atoms with van der Waals surface area (Å²) in [6, 6.07) is 8.05. The van der Waals surface area contributed by atoms with Gasteiger partial charge in [0, 0.05) is 37.4 Å². The number of rotatable bonds is 7. The summed E-state index contributed by atoms with van der Waals surface area (Å²) in [6.07, 6.45) is 3.44. The topological polar surface area (TPSA) is 101 Å². The first-order chi connectivity index (χ1) is 13.8. The molecule has 0 atom stereocenters. The van der Waals surface area contributed by atoms with Gasteiger partial charge in [-0.05, 0) is 30.3 Å². The maximum atomic E-state index is 12.5. The number of carbonyl (C=O) groups is 1. The predicted octanol–water partition coefficient (Wildman–Crippen LogP) is 2.65. The highest BCUT2D eigenvalue weighted by Crippen LogP contribution is 2.29. The van der Waals surface area contributed by atoms with Crippen molar-refractivity contribution in [2.75, 3.05) is 26.5 Å². The lowest BCUT2D eigenvalue weighted by molar-refractivity contribution is -0.115. The minimum Gasteiger partial charge on any atom is -0.495 e. The fourth-order valence-electron chi connectivity index (χ4n) is 2.52. The largest absolute Gasteiger partial charge is 0.495 e. The number of anilines is 1. The Bertz CT molecular complexity index is 1110. The van der Waals surface area contributed by atoms with Gasteiger partial charge in [0.25, 0.3) is 0 Å². The third kappa shape index (κ3) is 4.78. The van der Waals surface area contributed by atoms with Crippen LogP contribution in [0, 0.1) is 0 Å². The first-order valence-corrected chi connectivity index (χ1v) is 10.9. The van der Waals surface area contributed by atoms with Crippen molar-refractivity contribution >= 4 is 33.0 Å². The molecule has 0 radical (unpaired) electrons. The molecule has 2 heterocycles. The number of amides is 1. The zero-order valence-electron chi connectivity index (χ0n) is 16.1. The van der Waals surface area contributed by atoms with Crippen molar-refractivity contribution in [3.05, 3.63) is 53.8 Å². The molecule has 0 saturated heterocycles. The molecule has 0 aliphatic rings. The second-order valence-corrected chi connectivity index (χ2v) is 9.27. The van der Waals surface area contributed by atoms with Crippen LogP contribution >= 0.6 is 11.3 Å². The van der Waals surface area contributed by atoms with Crippen LogP contribution < -0.4 is 10.1 Å². The van der Waals surface area contributed by atoms with Crippen molar-refractivity contribution in [2.24, 2.45) is 0 Å². The second-order valence-electron chi connectivity index (χ2n) is 6.26. The summed E-state index contributed by atoms with van der Waals surface area (Å²) in [4.78, 5) is 21.1. The molecule has 1 N–H and O–H groups in total. The molecular weight excluding hydrogens is 412 g/mol. The Hall–Kier alpha value is -2.82. The summed E-state index contributed by atoms with van der Waals surface area (Å²) in [5.74, 6) is 0.0381. The monoisotopic (exact) mass is 432 g/mol. The molecule has 3 rings (SSSR count). The summed E-state index contributed by atoms with van der Waals surface area (Å²) in [6.45, 7) is 0. The number of benzene rings is 1. The molecular formula is C19H20N4O4S2. The van der Waals surface area contributed by atoms with Crippen LogP contribution in [0.2, 0.25) is 0 Å². The summed E-state index contributed by atoms with van der Waals surface area (Å²) in [5, 5.41) is 5.30. The fourth-order valence-corrected chi connectivity index (χ4v) is 4.26. The number of pyridine rings is 1. The summed E-state index contributed by atoms with van der Waals surface area (Å²) in [7, 11) is 0.702. The van der Waals surface area contributed by atoms with Gasteiger partial charge >= 0.3 is 0 Å². The van der Waals surface area contributed by atoms with Gasteiger partial charge in [-0.3, -0.25) is 9.78 Å². The Kier molecular flexibility index (Phi) is 6.26. The van der Waals surface area contributed by atoms with Crippen LogP contribution in [0.1, 0.15) is 5.69 Å². The average molecular weight is 433 g/mol. The summed E-state index contributed by atoms with van der Waals surface area (Å²) < 4.78 is 31.1. The van der Waals surface area contributed by atoms with Gasteiger partial charge in [0.1, 0.15) is 10.8 Å². The van der Waals surface area contributed by atoms with Gasteiger partial charge in [0.15, 0.2) is 0 Å². The maximum Gasteiger partial charge on any atom is 0.242 e. The van der Waals surface area contributed by atoms with Gasteiger partial charge in [0.05, 0.1) is 29.8 Å². The van der Waals surface area contributed by atoms with E-state index in [1.807, 2.05) is 17.5 Å². The lowest BCUT2D eigenvalue weighted by Crippen LogP contribution is -2.22. The molecule has 0 spiro atoms. The average Bonchev–Trinajstić information content (AvgIpc) is 3.16. The molecule has 8 nitrogen and oxygen atoms in total. The molecule has 0 bridgehead atoms. The zero-order chi connectivity index (χ0) is 21.0. The minimum absolute atomic E-state index is 0.0462. The van der Waals surface area contributed by atoms with Crippen LogP contribution in [-0.4, -0.2) is 49.8 Å². The molecule has 0 aliphatic heterocycles. The standard InChI is InChI=1S/C19H20N4O4S2/c1-23(2)29(25,26)15-6-7-17(27-3)16(10-15)22-18(24)9-14-12-28-19(21-14)13-5-4-8-20-11-13/h4-8,10-12H,9H2,1-3H3,(H,22,24). The highest BCUT2D eigenvalue weighted by atomic mass is 32.2. The van der Waals surface area contributed by atoms with E-state index in [0.717, 1.165) is 14.9 Å². The molecule has 1 aromatic carbocycles. The van der Waals surface area contributed by atoms with E-state index in [4.69, 9.17) is 4.74 Å². The number of ether oxygens (including phenoxy) is 1. The van der Waals surface area contributed by atoms with Crippen LogP contribution in [0.25, 0.3) is 10.6 Å². The molecule has 3 aromatic rings. The Morgan fingerprint density at radius 3 is 2.72 bits per heavy atom. The minimum atomic E-state index is -3.64. The highest BCUT2D eigenvalue weighted by Gasteiger charge is 2.20. The van der Waals surface area contributed by atoms with E-state index < -0.39 is 10.0 Å². The SMILES string of the molecule is COc1ccc(S(=O)(=O)N(C)C)cc1NC(=O)Cc1csc(-c2cccnc2)n1. The Balaban J connectivity index is 1.78. The quantitative estimate of drug-likeness (QED) is 0.616. The molecule has 0 aliphatic carbocycles. The Morgan fingerprint density at radius 2 is 2.07 bits per heavy atom. The Labute approximate surface area is 173 Å². The number of nitrogens with one attached hydrogen (secondary N) is 1. The van der Waals surface area contributed by atoms with Crippen LogP contribution in [0.4, 0.5) is 5.69 Å². The van der Waals surface area contributed by atoms with E-state index in [0.29, 0.717) is 11.4 Å². The highest BCUT2D eigenvalue weighted by molar-refractivity contribution is 7.89. The number of thiazole rings is 1. The van der Waals surface area contributed by atoms with Crippen molar-refractivity contribution in [1.82, 2.24) is 14.3 Å². The van der Waals surface area contributed by atoms with Crippen molar-refractivity contribution in [1.29, 1.82) is 0 Å². The number of hydrogen-bond donors (Lipinski definition) is 1. The first kappa shape index (κ1) is 20.9.